The number of likely N-dealkylation sites (tertiary alicyclic amines) is 1. The van der Waals surface area contributed by atoms with E-state index >= 15 is 0 Å². The number of nitrogens with zero attached hydrogens (tertiary/aromatic N) is 3. The third kappa shape index (κ3) is 4.09. The number of ketones is 1. The Kier molecular flexibility index (Phi) is 6.20. The first-order chi connectivity index (χ1) is 15.8. The van der Waals surface area contributed by atoms with Crippen LogP contribution in [0.5, 0.6) is 5.75 Å². The minimum Gasteiger partial charge on any atom is -0.871 e. The number of carbonyl (C=O) groups is 2. The van der Waals surface area contributed by atoms with Crippen LogP contribution in [0, 0.1) is 6.92 Å². The van der Waals surface area contributed by atoms with Gasteiger partial charge in [-0.2, -0.15) is 0 Å². The minimum atomic E-state index is -0.755. The van der Waals surface area contributed by atoms with Gasteiger partial charge >= 0.3 is 0 Å². The number of methoxy groups -OCH3 is 1. The number of carbonyl (C=O) groups excluding carboxylic acids is 2. The number of fused-ring (bicyclic) bond motifs is 1. The second kappa shape index (κ2) is 9.07. The van der Waals surface area contributed by atoms with Crippen molar-refractivity contribution in [2.45, 2.75) is 19.4 Å². The molecule has 172 valence electrons. The van der Waals surface area contributed by atoms with Crippen molar-refractivity contribution in [2.24, 2.45) is 0 Å². The first kappa shape index (κ1) is 22.5. The van der Waals surface area contributed by atoms with Crippen LogP contribution >= 0.6 is 0 Å². The van der Waals surface area contributed by atoms with Crippen LogP contribution < -0.4 is 14.7 Å². The number of Topliss-reactive ketones (excluding diaryl/α,β-unsaturated/α-hetero) is 1. The number of benzene rings is 1. The Morgan fingerprint density at radius 3 is 2.55 bits per heavy atom. The number of nitrogens with one attached hydrogen (secondary N) is 1. The molecule has 2 aromatic heterocycles. The first-order valence-electron chi connectivity index (χ1n) is 11.0. The number of hydrogen-bond donors (Lipinski definition) is 1. The number of ether oxygens (including phenoxy) is 1. The van der Waals surface area contributed by atoms with Gasteiger partial charge in [-0.25, -0.2) is 4.98 Å². The Morgan fingerprint density at radius 1 is 1.15 bits per heavy atom. The van der Waals surface area contributed by atoms with Crippen molar-refractivity contribution in [3.05, 3.63) is 71.2 Å². The summed E-state index contributed by atoms with van der Waals surface area (Å²) in [6, 6.07) is 11.8. The maximum Gasteiger partial charge on any atom is 0.295 e. The number of aryl methyl sites for hydroxylation is 1. The van der Waals surface area contributed by atoms with Crippen molar-refractivity contribution >= 4 is 23.1 Å². The van der Waals surface area contributed by atoms with E-state index in [9.17, 15) is 14.7 Å². The zero-order valence-electron chi connectivity index (χ0n) is 19.3. The summed E-state index contributed by atoms with van der Waals surface area (Å²) in [6.07, 6.45) is 2.45. The number of aromatic nitrogens is 2. The van der Waals surface area contributed by atoms with Gasteiger partial charge in [0.05, 0.1) is 45.2 Å². The smallest absolute Gasteiger partial charge is 0.295 e. The fourth-order valence-electron chi connectivity index (χ4n) is 4.35. The molecule has 1 aliphatic rings. The van der Waals surface area contributed by atoms with Gasteiger partial charge in [-0.05, 0) is 36.8 Å². The van der Waals surface area contributed by atoms with Crippen molar-refractivity contribution in [2.75, 3.05) is 34.3 Å². The fourth-order valence-corrected chi connectivity index (χ4v) is 4.35. The highest BCUT2D eigenvalue weighted by atomic mass is 16.5. The highest BCUT2D eigenvalue weighted by Gasteiger charge is 2.44. The van der Waals surface area contributed by atoms with E-state index in [0.29, 0.717) is 41.3 Å². The molecule has 1 amide bonds. The molecule has 0 aliphatic carbocycles. The van der Waals surface area contributed by atoms with Gasteiger partial charge in [-0.1, -0.05) is 24.0 Å². The van der Waals surface area contributed by atoms with Crippen molar-refractivity contribution in [1.82, 2.24) is 14.3 Å². The quantitative estimate of drug-likeness (QED) is 0.321. The van der Waals surface area contributed by atoms with Crippen molar-refractivity contribution in [3.63, 3.8) is 0 Å². The average Bonchev–Trinajstić information content (AvgIpc) is 3.27. The second-order valence-electron chi connectivity index (χ2n) is 8.53. The fraction of sp³-hybridized carbons (Fsp3) is 0.320. The molecule has 1 fully saturated rings. The number of rotatable bonds is 7. The molecule has 3 heterocycles. The van der Waals surface area contributed by atoms with Crippen LogP contribution in [-0.4, -0.2) is 60.3 Å². The van der Waals surface area contributed by atoms with Crippen LogP contribution in [0.15, 0.2) is 54.2 Å². The SMILES string of the molecule is COc1ccc(C2C(=C([O-])c3c(C)nc4ccccn34)C(=O)C(=O)N2CCC[NH+](C)C)cc1. The van der Waals surface area contributed by atoms with E-state index < -0.39 is 23.5 Å². The zero-order valence-corrected chi connectivity index (χ0v) is 19.3. The van der Waals surface area contributed by atoms with E-state index in [1.54, 1.807) is 61.0 Å². The number of quaternary nitrogens is 1. The monoisotopic (exact) mass is 448 g/mol. The molecule has 8 nitrogen and oxygen atoms in total. The van der Waals surface area contributed by atoms with Crippen molar-refractivity contribution in [1.29, 1.82) is 0 Å². The van der Waals surface area contributed by atoms with E-state index in [2.05, 4.69) is 4.98 Å². The van der Waals surface area contributed by atoms with Crippen molar-refractivity contribution in [3.8, 4) is 5.75 Å². The topological polar surface area (TPSA) is 91.4 Å². The molecule has 3 aromatic rings. The van der Waals surface area contributed by atoms with Crippen LogP contribution in [0.2, 0.25) is 0 Å². The first-order valence-corrected chi connectivity index (χ1v) is 11.0. The summed E-state index contributed by atoms with van der Waals surface area (Å²) in [5, 5.41) is 13.8. The summed E-state index contributed by atoms with van der Waals surface area (Å²) in [4.78, 5) is 33.5. The van der Waals surface area contributed by atoms with Gasteiger partial charge in [0.15, 0.2) is 0 Å². The molecule has 1 unspecified atom stereocenters. The Bertz CT molecular complexity index is 1230. The predicted molar refractivity (Wildman–Crippen MR) is 122 cm³/mol. The number of pyridine rings is 1. The maximum atomic E-state index is 13.8. The molecule has 1 atom stereocenters. The molecule has 4 rings (SSSR count). The summed E-state index contributed by atoms with van der Waals surface area (Å²) < 4.78 is 6.93. The maximum absolute atomic E-state index is 13.8. The third-order valence-electron chi connectivity index (χ3n) is 5.96. The summed E-state index contributed by atoms with van der Waals surface area (Å²) in [5.74, 6) is -1.20. The molecule has 1 aromatic carbocycles. The van der Waals surface area contributed by atoms with Gasteiger partial charge in [0.2, 0.25) is 5.78 Å². The van der Waals surface area contributed by atoms with Gasteiger partial charge in [0, 0.05) is 24.7 Å². The standard InChI is InChI=1S/C25H28N4O4/c1-16-21(28-14-6-5-8-19(28)26-16)23(30)20-22(17-9-11-18(33-4)12-10-17)29(25(32)24(20)31)15-7-13-27(2)3/h5-6,8-12,14,22,30H,7,13,15H2,1-4H3. The highest BCUT2D eigenvalue weighted by molar-refractivity contribution is 6.46. The van der Waals surface area contributed by atoms with Gasteiger partial charge in [0.1, 0.15) is 11.4 Å². The molecule has 1 saturated heterocycles. The van der Waals surface area contributed by atoms with Crippen LogP contribution in [-0.2, 0) is 9.59 Å². The van der Waals surface area contributed by atoms with Gasteiger partial charge in [0.25, 0.3) is 5.91 Å². The highest BCUT2D eigenvalue weighted by Crippen LogP contribution is 2.39. The Balaban J connectivity index is 1.87. The summed E-state index contributed by atoms with van der Waals surface area (Å²) in [6.45, 7) is 2.96. The van der Waals surface area contributed by atoms with Crippen molar-refractivity contribution < 1.29 is 24.3 Å². The van der Waals surface area contributed by atoms with Gasteiger partial charge in [-0.15, -0.1) is 0 Å². The Labute approximate surface area is 192 Å². The van der Waals surface area contributed by atoms with Crippen LogP contribution in [0.1, 0.15) is 29.4 Å². The Morgan fingerprint density at radius 2 is 1.88 bits per heavy atom. The number of amides is 1. The predicted octanol–water partition coefficient (Wildman–Crippen LogP) is 0.410. The molecule has 0 saturated carbocycles. The number of hydrogen-bond acceptors (Lipinski definition) is 5. The normalized spacial score (nSPS) is 18.0. The van der Waals surface area contributed by atoms with E-state index in [1.165, 1.54) is 9.80 Å². The van der Waals surface area contributed by atoms with Gasteiger partial charge < -0.3 is 24.0 Å². The zero-order chi connectivity index (χ0) is 23.7. The summed E-state index contributed by atoms with van der Waals surface area (Å²) >= 11 is 0. The van der Waals surface area contributed by atoms with E-state index in [4.69, 9.17) is 4.74 Å². The molecule has 1 aliphatic heterocycles. The lowest BCUT2D eigenvalue weighted by Crippen LogP contribution is -3.05. The molecule has 0 spiro atoms. The van der Waals surface area contributed by atoms with E-state index in [-0.39, 0.29) is 5.57 Å². The van der Waals surface area contributed by atoms with E-state index in [1.807, 2.05) is 20.2 Å². The second-order valence-corrected chi connectivity index (χ2v) is 8.53. The Hall–Kier alpha value is -3.65. The third-order valence-corrected chi connectivity index (χ3v) is 5.96. The molecule has 8 heteroatoms. The molecular weight excluding hydrogens is 420 g/mol. The lowest BCUT2D eigenvalue weighted by molar-refractivity contribution is -0.858. The molecule has 0 radical (unpaired) electrons. The molecule has 0 bridgehead atoms. The number of imidazole rings is 1. The molecule has 1 N–H and O–H groups in total. The lowest BCUT2D eigenvalue weighted by atomic mass is 9.96. The van der Waals surface area contributed by atoms with Crippen LogP contribution in [0.3, 0.4) is 0 Å². The summed E-state index contributed by atoms with van der Waals surface area (Å²) in [5.41, 5.74) is 2.10. The van der Waals surface area contributed by atoms with Crippen LogP contribution in [0.25, 0.3) is 11.4 Å². The average molecular weight is 449 g/mol. The molecule has 33 heavy (non-hydrogen) atoms. The van der Waals surface area contributed by atoms with Crippen LogP contribution in [0.4, 0.5) is 0 Å². The summed E-state index contributed by atoms with van der Waals surface area (Å²) in [7, 11) is 5.64. The minimum absolute atomic E-state index is 0.0314. The molecular formula is C25H28N4O4. The van der Waals surface area contributed by atoms with Gasteiger partial charge in [-0.3, -0.25) is 9.59 Å². The largest absolute Gasteiger partial charge is 0.871 e. The lowest BCUT2D eigenvalue weighted by Gasteiger charge is -2.27. The van der Waals surface area contributed by atoms with E-state index in [0.717, 1.165) is 6.54 Å².